The molecule has 0 amide bonds. The van der Waals surface area contributed by atoms with Gasteiger partial charge in [-0.25, -0.2) is 4.98 Å². The molecule has 2 rings (SSSR count). The van der Waals surface area contributed by atoms with Gasteiger partial charge in [0.15, 0.2) is 11.5 Å². The summed E-state index contributed by atoms with van der Waals surface area (Å²) in [7, 11) is 3.20. The van der Waals surface area contributed by atoms with Gasteiger partial charge in [0.2, 0.25) is 0 Å². The smallest absolute Gasteiger partial charge is 0.163 e. The minimum absolute atomic E-state index is 0.388. The molecule has 0 saturated carbocycles. The van der Waals surface area contributed by atoms with E-state index in [2.05, 4.69) is 9.97 Å². The van der Waals surface area contributed by atoms with Crippen molar-refractivity contribution in [2.75, 3.05) is 14.2 Å². The highest BCUT2D eigenvalue weighted by molar-refractivity contribution is 5.79. The van der Waals surface area contributed by atoms with E-state index in [1.165, 1.54) is 0 Å². The number of nitrogens with two attached hydrogens (primary N) is 1. The molecule has 0 aliphatic carbocycles. The lowest BCUT2D eigenvalue weighted by molar-refractivity contribution is 0.356. The highest BCUT2D eigenvalue weighted by Gasteiger charge is 2.08. The second-order valence-corrected chi connectivity index (χ2v) is 3.11. The Kier molecular flexibility index (Phi) is 2.47. The first-order valence-corrected chi connectivity index (χ1v) is 4.59. The SMILES string of the molecule is COc1cc2nc(CN)[nH]c2cc1OC. The number of methoxy groups -OCH3 is 2. The number of hydrogen-bond donors (Lipinski definition) is 2. The number of imidazole rings is 1. The average Bonchev–Trinajstić information content (AvgIpc) is 2.68. The molecule has 3 N–H and O–H groups in total. The lowest BCUT2D eigenvalue weighted by Crippen LogP contribution is -1.97. The van der Waals surface area contributed by atoms with Crippen LogP contribution in [-0.4, -0.2) is 24.2 Å². The summed E-state index contributed by atoms with van der Waals surface area (Å²) in [5, 5.41) is 0. The highest BCUT2D eigenvalue weighted by Crippen LogP contribution is 2.30. The Morgan fingerprint density at radius 2 is 1.93 bits per heavy atom. The Hall–Kier alpha value is -1.75. The molecule has 1 aromatic heterocycles. The zero-order valence-corrected chi connectivity index (χ0v) is 8.70. The highest BCUT2D eigenvalue weighted by atomic mass is 16.5. The van der Waals surface area contributed by atoms with Crippen molar-refractivity contribution >= 4 is 11.0 Å². The fourth-order valence-electron chi connectivity index (χ4n) is 1.49. The van der Waals surface area contributed by atoms with Crippen LogP contribution in [0.1, 0.15) is 5.82 Å². The van der Waals surface area contributed by atoms with E-state index in [0.29, 0.717) is 18.0 Å². The average molecular weight is 207 g/mol. The minimum atomic E-state index is 0.388. The van der Waals surface area contributed by atoms with E-state index in [-0.39, 0.29) is 0 Å². The van der Waals surface area contributed by atoms with Gasteiger partial charge in [-0.2, -0.15) is 0 Å². The largest absolute Gasteiger partial charge is 0.493 e. The van der Waals surface area contributed by atoms with E-state index < -0.39 is 0 Å². The molecular weight excluding hydrogens is 194 g/mol. The van der Waals surface area contributed by atoms with Gasteiger partial charge in [0, 0.05) is 12.1 Å². The van der Waals surface area contributed by atoms with E-state index in [4.69, 9.17) is 15.2 Å². The van der Waals surface area contributed by atoms with E-state index >= 15 is 0 Å². The van der Waals surface area contributed by atoms with Crippen LogP contribution >= 0.6 is 0 Å². The number of aromatic amines is 1. The normalized spacial score (nSPS) is 10.6. The molecule has 1 heterocycles. The molecule has 5 heteroatoms. The van der Waals surface area contributed by atoms with Crippen LogP contribution in [0.25, 0.3) is 11.0 Å². The van der Waals surface area contributed by atoms with Gasteiger partial charge in [-0.1, -0.05) is 0 Å². The van der Waals surface area contributed by atoms with Crippen molar-refractivity contribution in [3.8, 4) is 11.5 Å². The number of H-pyrrole nitrogens is 1. The van der Waals surface area contributed by atoms with Crippen molar-refractivity contribution in [1.29, 1.82) is 0 Å². The van der Waals surface area contributed by atoms with E-state index in [9.17, 15) is 0 Å². The maximum absolute atomic E-state index is 5.50. The number of ether oxygens (including phenoxy) is 2. The summed E-state index contributed by atoms with van der Waals surface area (Å²) in [6, 6.07) is 3.67. The van der Waals surface area contributed by atoms with Gasteiger partial charge in [-0.15, -0.1) is 0 Å². The Bertz CT molecular complexity index is 438. The van der Waals surface area contributed by atoms with E-state index in [0.717, 1.165) is 16.9 Å². The molecule has 0 aliphatic heterocycles. The molecule has 15 heavy (non-hydrogen) atoms. The molecule has 1 aromatic carbocycles. The minimum Gasteiger partial charge on any atom is -0.493 e. The quantitative estimate of drug-likeness (QED) is 0.788. The first-order chi connectivity index (χ1) is 7.28. The number of aromatic nitrogens is 2. The first kappa shape index (κ1) is 9.79. The fraction of sp³-hybridized carbons (Fsp3) is 0.300. The molecule has 0 bridgehead atoms. The molecule has 0 fully saturated rings. The van der Waals surface area contributed by atoms with Crippen molar-refractivity contribution in [3.05, 3.63) is 18.0 Å². The molecule has 80 valence electrons. The molecular formula is C10H13N3O2. The summed E-state index contributed by atoms with van der Waals surface area (Å²) < 4.78 is 10.4. The zero-order chi connectivity index (χ0) is 10.8. The molecule has 0 unspecified atom stereocenters. The zero-order valence-electron chi connectivity index (χ0n) is 8.70. The molecule has 2 aromatic rings. The Labute approximate surface area is 87.2 Å². The van der Waals surface area contributed by atoms with Crippen LogP contribution in [0.3, 0.4) is 0 Å². The molecule has 0 aliphatic rings. The number of nitrogens with zero attached hydrogens (tertiary/aromatic N) is 1. The van der Waals surface area contributed by atoms with Crippen molar-refractivity contribution in [1.82, 2.24) is 9.97 Å². The molecule has 0 radical (unpaired) electrons. The maximum Gasteiger partial charge on any atom is 0.163 e. The monoisotopic (exact) mass is 207 g/mol. The predicted octanol–water partition coefficient (Wildman–Crippen LogP) is 1.04. The van der Waals surface area contributed by atoms with Crippen molar-refractivity contribution in [2.45, 2.75) is 6.54 Å². The van der Waals surface area contributed by atoms with Gasteiger partial charge in [-0.3, -0.25) is 0 Å². The van der Waals surface area contributed by atoms with Crippen LogP contribution in [0.4, 0.5) is 0 Å². The topological polar surface area (TPSA) is 73.2 Å². The summed E-state index contributed by atoms with van der Waals surface area (Å²) in [5.74, 6) is 2.09. The molecule has 0 spiro atoms. The van der Waals surface area contributed by atoms with Crippen LogP contribution in [0.2, 0.25) is 0 Å². The van der Waals surface area contributed by atoms with Crippen LogP contribution in [0.5, 0.6) is 11.5 Å². The molecule has 0 atom stereocenters. The van der Waals surface area contributed by atoms with E-state index in [1.54, 1.807) is 14.2 Å². The third-order valence-corrected chi connectivity index (χ3v) is 2.23. The third kappa shape index (κ3) is 1.61. The summed E-state index contributed by atoms with van der Waals surface area (Å²) in [6.07, 6.45) is 0. The summed E-state index contributed by atoms with van der Waals surface area (Å²) >= 11 is 0. The lowest BCUT2D eigenvalue weighted by Gasteiger charge is -2.06. The summed E-state index contributed by atoms with van der Waals surface area (Å²) in [6.45, 7) is 0.388. The summed E-state index contributed by atoms with van der Waals surface area (Å²) in [4.78, 5) is 7.40. The number of fused-ring (bicyclic) bond motifs is 1. The van der Waals surface area contributed by atoms with Crippen molar-refractivity contribution in [3.63, 3.8) is 0 Å². The fourth-order valence-corrected chi connectivity index (χ4v) is 1.49. The standard InChI is InChI=1S/C10H13N3O2/c1-14-8-3-6-7(4-9(8)15-2)13-10(5-11)12-6/h3-4H,5,11H2,1-2H3,(H,12,13). The van der Waals surface area contributed by atoms with Gasteiger partial charge >= 0.3 is 0 Å². The van der Waals surface area contributed by atoms with Gasteiger partial charge in [0.1, 0.15) is 5.82 Å². The van der Waals surface area contributed by atoms with Crippen LogP contribution in [0, 0.1) is 0 Å². The molecule has 0 saturated heterocycles. The van der Waals surface area contributed by atoms with Crippen molar-refractivity contribution in [2.24, 2.45) is 5.73 Å². The Balaban J connectivity index is 2.61. The maximum atomic E-state index is 5.50. The number of nitrogens with one attached hydrogen (secondary N) is 1. The molecule has 5 nitrogen and oxygen atoms in total. The Morgan fingerprint density at radius 3 is 2.53 bits per heavy atom. The van der Waals surface area contributed by atoms with Crippen LogP contribution in [0.15, 0.2) is 12.1 Å². The number of hydrogen-bond acceptors (Lipinski definition) is 4. The number of rotatable bonds is 3. The first-order valence-electron chi connectivity index (χ1n) is 4.59. The van der Waals surface area contributed by atoms with Gasteiger partial charge in [0.25, 0.3) is 0 Å². The van der Waals surface area contributed by atoms with Crippen molar-refractivity contribution < 1.29 is 9.47 Å². The second-order valence-electron chi connectivity index (χ2n) is 3.11. The van der Waals surface area contributed by atoms with Gasteiger partial charge < -0.3 is 20.2 Å². The van der Waals surface area contributed by atoms with Crippen LogP contribution < -0.4 is 15.2 Å². The van der Waals surface area contributed by atoms with E-state index in [1.807, 2.05) is 12.1 Å². The van der Waals surface area contributed by atoms with Crippen LogP contribution in [-0.2, 0) is 6.54 Å². The number of benzene rings is 1. The third-order valence-electron chi connectivity index (χ3n) is 2.23. The predicted molar refractivity (Wildman–Crippen MR) is 57.1 cm³/mol. The summed E-state index contributed by atoms with van der Waals surface area (Å²) in [5.41, 5.74) is 7.22. The Morgan fingerprint density at radius 1 is 1.27 bits per heavy atom. The van der Waals surface area contributed by atoms with Gasteiger partial charge in [-0.05, 0) is 0 Å². The van der Waals surface area contributed by atoms with Gasteiger partial charge in [0.05, 0.1) is 31.8 Å². The second kappa shape index (κ2) is 3.78. The lowest BCUT2D eigenvalue weighted by atomic mass is 10.3.